The number of methoxy groups -OCH3 is 1. The quantitative estimate of drug-likeness (QED) is 0.796. The second kappa shape index (κ2) is 4.97. The van der Waals surface area contributed by atoms with Gasteiger partial charge in [-0.25, -0.2) is 4.79 Å². The fourth-order valence-electron chi connectivity index (χ4n) is 1.84. The molecule has 1 unspecified atom stereocenters. The topological polar surface area (TPSA) is 103 Å². The van der Waals surface area contributed by atoms with Gasteiger partial charge in [0, 0.05) is 23.4 Å². The minimum absolute atomic E-state index is 0.187. The van der Waals surface area contributed by atoms with E-state index < -0.39 is 17.1 Å². The van der Waals surface area contributed by atoms with Crippen LogP contribution in [0.3, 0.4) is 0 Å². The number of carbonyl (C=O) groups excluding carboxylic acids is 1. The molecule has 1 heterocycles. The molecular formula is C14H15NO5. The maximum atomic E-state index is 11.9. The number of fused-ring (bicyclic) bond motifs is 1. The molecule has 0 saturated heterocycles. The summed E-state index contributed by atoms with van der Waals surface area (Å²) >= 11 is 0. The van der Waals surface area contributed by atoms with Crippen LogP contribution < -0.4 is 16.1 Å². The number of hydrogen-bond acceptors (Lipinski definition) is 5. The molecule has 0 fully saturated rings. The molecule has 3 N–H and O–H groups in total. The molecule has 0 aliphatic carbocycles. The van der Waals surface area contributed by atoms with Crippen molar-refractivity contribution < 1.29 is 19.1 Å². The predicted octanol–water partition coefficient (Wildman–Crippen LogP) is 0.580. The maximum Gasteiger partial charge on any atom is 0.339 e. The number of ether oxygens (including phenoxy) is 1. The molecule has 1 aromatic heterocycles. The first-order valence-corrected chi connectivity index (χ1v) is 5.96. The first-order chi connectivity index (χ1) is 9.33. The molecule has 2 aromatic rings. The van der Waals surface area contributed by atoms with Gasteiger partial charge in [0.25, 0.3) is 0 Å². The van der Waals surface area contributed by atoms with Crippen LogP contribution in [0.4, 0.5) is 0 Å². The highest BCUT2D eigenvalue weighted by atomic mass is 16.5. The van der Waals surface area contributed by atoms with Crippen molar-refractivity contribution in [1.82, 2.24) is 0 Å². The van der Waals surface area contributed by atoms with Gasteiger partial charge >= 0.3 is 5.63 Å². The molecule has 0 saturated carbocycles. The molecule has 0 spiro atoms. The fraction of sp³-hybridized carbons (Fsp3) is 0.286. The number of hydrogen-bond donors (Lipinski definition) is 2. The lowest BCUT2D eigenvalue weighted by Crippen LogP contribution is -2.43. The largest absolute Gasteiger partial charge is 0.497 e. The zero-order chi connectivity index (χ0) is 14.9. The van der Waals surface area contributed by atoms with Crippen molar-refractivity contribution in [3.8, 4) is 5.75 Å². The lowest BCUT2D eigenvalue weighted by Gasteiger charge is -2.18. The van der Waals surface area contributed by atoms with E-state index in [-0.39, 0.29) is 12.0 Å². The van der Waals surface area contributed by atoms with Crippen LogP contribution in [0, 0.1) is 0 Å². The highest BCUT2D eigenvalue weighted by molar-refractivity contribution is 5.83. The number of amides is 1. The van der Waals surface area contributed by atoms with Gasteiger partial charge in [-0.2, -0.15) is 0 Å². The average molecular weight is 277 g/mol. The van der Waals surface area contributed by atoms with Gasteiger partial charge in [-0.15, -0.1) is 0 Å². The monoisotopic (exact) mass is 277 g/mol. The molecular weight excluding hydrogens is 262 g/mol. The molecule has 0 radical (unpaired) electrons. The number of nitrogens with two attached hydrogens (primary N) is 1. The van der Waals surface area contributed by atoms with Crippen LogP contribution in [0.15, 0.2) is 33.5 Å². The standard InChI is InChI=1S/C14H15NO5/c1-14(18,13(15)17)7-9-5-8-3-4-10(19-2)6-11(8)20-12(9)16/h3-6,18H,7H2,1-2H3,(H2,15,17). The Balaban J connectivity index is 2.49. The number of carbonyl (C=O) groups is 1. The van der Waals surface area contributed by atoms with Gasteiger partial charge in [0.1, 0.15) is 16.9 Å². The fourth-order valence-corrected chi connectivity index (χ4v) is 1.84. The third kappa shape index (κ3) is 2.65. The van der Waals surface area contributed by atoms with Gasteiger partial charge in [0.15, 0.2) is 0 Å². The normalized spacial score (nSPS) is 13.9. The smallest absolute Gasteiger partial charge is 0.339 e. The predicted molar refractivity (Wildman–Crippen MR) is 72.6 cm³/mol. The third-order valence-corrected chi connectivity index (χ3v) is 3.08. The molecule has 1 amide bonds. The Morgan fingerprint density at radius 2 is 2.15 bits per heavy atom. The number of aliphatic hydroxyl groups is 1. The number of primary amides is 1. The minimum Gasteiger partial charge on any atom is -0.497 e. The van der Waals surface area contributed by atoms with Crippen molar-refractivity contribution >= 4 is 16.9 Å². The van der Waals surface area contributed by atoms with Crippen LogP contribution in [0.25, 0.3) is 11.0 Å². The molecule has 6 heteroatoms. The van der Waals surface area contributed by atoms with E-state index in [1.807, 2.05) is 0 Å². The van der Waals surface area contributed by atoms with Gasteiger partial charge in [0.05, 0.1) is 7.11 Å². The molecule has 2 rings (SSSR count). The van der Waals surface area contributed by atoms with E-state index in [2.05, 4.69) is 0 Å². The second-order valence-electron chi connectivity index (χ2n) is 4.78. The summed E-state index contributed by atoms with van der Waals surface area (Å²) in [4.78, 5) is 23.0. The average Bonchev–Trinajstić information content (AvgIpc) is 2.38. The van der Waals surface area contributed by atoms with Crippen molar-refractivity contribution in [3.63, 3.8) is 0 Å². The Morgan fingerprint density at radius 1 is 1.45 bits per heavy atom. The summed E-state index contributed by atoms with van der Waals surface area (Å²) in [6, 6.07) is 6.60. The molecule has 1 aromatic carbocycles. The summed E-state index contributed by atoms with van der Waals surface area (Å²) < 4.78 is 10.2. The lowest BCUT2D eigenvalue weighted by atomic mass is 9.96. The van der Waals surface area contributed by atoms with E-state index in [4.69, 9.17) is 14.9 Å². The van der Waals surface area contributed by atoms with Crippen LogP contribution in [-0.4, -0.2) is 23.7 Å². The van der Waals surface area contributed by atoms with Crippen LogP contribution in [0.5, 0.6) is 5.75 Å². The molecule has 6 nitrogen and oxygen atoms in total. The zero-order valence-electron chi connectivity index (χ0n) is 11.2. The highest BCUT2D eigenvalue weighted by Crippen LogP contribution is 2.21. The summed E-state index contributed by atoms with van der Waals surface area (Å²) in [5, 5.41) is 10.5. The molecule has 1 atom stereocenters. The van der Waals surface area contributed by atoms with Gasteiger partial charge in [0.2, 0.25) is 5.91 Å². The van der Waals surface area contributed by atoms with Gasteiger partial charge in [-0.3, -0.25) is 4.79 Å². The molecule has 0 aliphatic rings. The molecule has 106 valence electrons. The van der Waals surface area contributed by atoms with Gasteiger partial charge in [-0.1, -0.05) is 0 Å². The summed E-state index contributed by atoms with van der Waals surface area (Å²) in [6.07, 6.45) is -0.202. The van der Waals surface area contributed by atoms with Crippen LogP contribution >= 0.6 is 0 Å². The highest BCUT2D eigenvalue weighted by Gasteiger charge is 2.29. The Bertz CT molecular complexity index is 717. The van der Waals surface area contributed by atoms with Gasteiger partial charge in [-0.05, 0) is 25.1 Å². The van der Waals surface area contributed by atoms with Crippen molar-refractivity contribution in [1.29, 1.82) is 0 Å². The second-order valence-corrected chi connectivity index (χ2v) is 4.78. The lowest BCUT2D eigenvalue weighted by molar-refractivity contribution is -0.134. The number of benzene rings is 1. The Morgan fingerprint density at radius 3 is 2.75 bits per heavy atom. The van der Waals surface area contributed by atoms with E-state index >= 15 is 0 Å². The molecule has 0 aliphatic heterocycles. The van der Waals surface area contributed by atoms with Crippen molar-refractivity contribution in [2.24, 2.45) is 5.73 Å². The Hall–Kier alpha value is -2.34. The van der Waals surface area contributed by atoms with E-state index in [0.29, 0.717) is 16.7 Å². The van der Waals surface area contributed by atoms with Crippen molar-refractivity contribution in [3.05, 3.63) is 40.2 Å². The van der Waals surface area contributed by atoms with E-state index in [1.165, 1.54) is 14.0 Å². The summed E-state index contributed by atoms with van der Waals surface area (Å²) in [5.74, 6) is -0.329. The van der Waals surface area contributed by atoms with Crippen LogP contribution in [0.1, 0.15) is 12.5 Å². The summed E-state index contributed by atoms with van der Waals surface area (Å²) in [5.41, 5.74) is 3.22. The summed E-state index contributed by atoms with van der Waals surface area (Å²) in [7, 11) is 1.51. The van der Waals surface area contributed by atoms with Crippen molar-refractivity contribution in [2.75, 3.05) is 7.11 Å². The van der Waals surface area contributed by atoms with Gasteiger partial charge < -0.3 is 20.0 Å². The maximum absolute atomic E-state index is 11.9. The first kappa shape index (κ1) is 14.1. The van der Waals surface area contributed by atoms with E-state index in [9.17, 15) is 14.7 Å². The Kier molecular flexibility index (Phi) is 3.50. The van der Waals surface area contributed by atoms with Crippen molar-refractivity contribution in [2.45, 2.75) is 18.9 Å². The summed E-state index contributed by atoms with van der Waals surface area (Å²) in [6.45, 7) is 1.26. The molecule has 0 bridgehead atoms. The zero-order valence-corrected chi connectivity index (χ0v) is 11.2. The minimum atomic E-state index is -1.80. The number of rotatable bonds is 4. The van der Waals surface area contributed by atoms with Crippen LogP contribution in [0.2, 0.25) is 0 Å². The van der Waals surface area contributed by atoms with Crippen LogP contribution in [-0.2, 0) is 11.2 Å². The van der Waals surface area contributed by atoms with E-state index in [0.717, 1.165) is 0 Å². The first-order valence-electron chi connectivity index (χ1n) is 5.96. The SMILES string of the molecule is COc1ccc2cc(CC(C)(O)C(N)=O)c(=O)oc2c1. The molecule has 20 heavy (non-hydrogen) atoms. The van der Waals surface area contributed by atoms with E-state index in [1.54, 1.807) is 24.3 Å². The Labute approximate surface area is 114 Å². The third-order valence-electron chi connectivity index (χ3n) is 3.08.